The Balaban J connectivity index is 1.22. The van der Waals surface area contributed by atoms with Crippen LogP contribution in [0.2, 0.25) is 0 Å². The van der Waals surface area contributed by atoms with Gasteiger partial charge in [0, 0.05) is 23.1 Å². The highest BCUT2D eigenvalue weighted by atomic mass is 32.2. The van der Waals surface area contributed by atoms with Crippen molar-refractivity contribution in [2.75, 3.05) is 6.54 Å². The molecule has 3 aromatic rings. The van der Waals surface area contributed by atoms with Gasteiger partial charge in [0.25, 0.3) is 5.91 Å². The number of hydrogen-bond donors (Lipinski definition) is 4. The standard InChI is InChI=1S/C35H37F2N5O8S/c36-20-8-12-24-25(14-20)26-15-21(37)9-13-27(26)38-31(24)50-22-16-29-30(43)40-35(33(45)41-51(48,49)23-10-11-23)17-19(35)6-4-2-1-3-5-7-28(39-34(46)47)32(44)42(29)18-22/h4,6,8-9,12-15,19,22-23,28-29,39H,1-3,5,7,10-11,16-18H2,(H,40,43)(H,41,45)(H,46,47)/b6-4-/t19-,22+,28-,29-,35+/m0/s1. The van der Waals surface area contributed by atoms with Crippen molar-refractivity contribution in [1.29, 1.82) is 0 Å². The number of nitrogens with zero attached hydrogens (tertiary/aromatic N) is 2. The van der Waals surface area contributed by atoms with Gasteiger partial charge in [-0.15, -0.1) is 0 Å². The molecule has 270 valence electrons. The van der Waals surface area contributed by atoms with Crippen molar-refractivity contribution in [3.05, 3.63) is 60.2 Å². The quantitative estimate of drug-likeness (QED) is 0.218. The van der Waals surface area contributed by atoms with Gasteiger partial charge < -0.3 is 25.4 Å². The summed E-state index contributed by atoms with van der Waals surface area (Å²) in [6.45, 7) is -0.168. The van der Waals surface area contributed by atoms with Gasteiger partial charge in [0.15, 0.2) is 0 Å². The molecule has 7 rings (SSSR count). The van der Waals surface area contributed by atoms with Crippen molar-refractivity contribution in [1.82, 2.24) is 25.2 Å². The summed E-state index contributed by atoms with van der Waals surface area (Å²) in [5, 5.41) is 15.0. The van der Waals surface area contributed by atoms with E-state index < -0.39 is 80.4 Å². The van der Waals surface area contributed by atoms with Crippen LogP contribution in [0, 0.1) is 17.6 Å². The van der Waals surface area contributed by atoms with Crippen LogP contribution in [0.15, 0.2) is 48.6 Å². The average Bonchev–Trinajstić information content (AvgIpc) is 4.00. The Kier molecular flexibility index (Phi) is 9.06. The lowest BCUT2D eigenvalue weighted by Crippen LogP contribution is -2.58. The van der Waals surface area contributed by atoms with Crippen molar-refractivity contribution in [2.45, 2.75) is 86.8 Å². The minimum atomic E-state index is -3.93. The summed E-state index contributed by atoms with van der Waals surface area (Å²) in [6.07, 6.45) is 5.07. The van der Waals surface area contributed by atoms with Gasteiger partial charge in [-0.05, 0) is 80.3 Å². The zero-order chi connectivity index (χ0) is 36.1. The predicted octanol–water partition coefficient (Wildman–Crippen LogP) is 3.65. The van der Waals surface area contributed by atoms with Gasteiger partial charge in [-0.2, -0.15) is 0 Å². The molecule has 2 aliphatic carbocycles. The summed E-state index contributed by atoms with van der Waals surface area (Å²) >= 11 is 0. The molecule has 4 N–H and O–H groups in total. The van der Waals surface area contributed by atoms with E-state index in [1.807, 2.05) is 6.08 Å². The number of hydrogen-bond acceptors (Lipinski definition) is 8. The molecule has 5 atom stereocenters. The number of carbonyl (C=O) groups excluding carboxylic acids is 3. The topological polar surface area (TPSA) is 184 Å². The predicted molar refractivity (Wildman–Crippen MR) is 180 cm³/mol. The van der Waals surface area contributed by atoms with Gasteiger partial charge in [0.1, 0.15) is 35.4 Å². The van der Waals surface area contributed by atoms with E-state index in [1.54, 1.807) is 6.08 Å². The minimum Gasteiger partial charge on any atom is -0.472 e. The number of fused-ring (bicyclic) bond motifs is 5. The normalized spacial score (nSPS) is 27.8. The molecule has 13 nitrogen and oxygen atoms in total. The molecule has 2 saturated carbocycles. The van der Waals surface area contributed by atoms with Crippen LogP contribution in [0.5, 0.6) is 5.88 Å². The number of amides is 4. The number of rotatable bonds is 6. The Labute approximate surface area is 291 Å². The molecule has 0 bridgehead atoms. The maximum absolute atomic E-state index is 14.4. The maximum atomic E-state index is 14.4. The van der Waals surface area contributed by atoms with E-state index in [9.17, 15) is 41.5 Å². The van der Waals surface area contributed by atoms with Crippen LogP contribution in [0.4, 0.5) is 13.6 Å². The number of allylic oxidation sites excluding steroid dienone is 1. The van der Waals surface area contributed by atoms with Crippen molar-refractivity contribution < 1.29 is 46.2 Å². The Morgan fingerprint density at radius 1 is 1.00 bits per heavy atom. The molecule has 1 saturated heterocycles. The summed E-state index contributed by atoms with van der Waals surface area (Å²) in [4.78, 5) is 59.4. The second-order valence-electron chi connectivity index (χ2n) is 13.8. The van der Waals surface area contributed by atoms with E-state index in [0.717, 1.165) is 6.42 Å². The number of sulfonamides is 1. The molecule has 1 aromatic heterocycles. The number of ether oxygens (including phenoxy) is 1. The zero-order valence-electron chi connectivity index (χ0n) is 27.4. The fraction of sp³-hybridized carbons (Fsp3) is 0.457. The third kappa shape index (κ3) is 7.05. The van der Waals surface area contributed by atoms with Crippen molar-refractivity contribution >= 4 is 55.5 Å². The average molecular weight is 726 g/mol. The van der Waals surface area contributed by atoms with Crippen LogP contribution < -0.4 is 20.1 Å². The molecule has 0 unspecified atom stereocenters. The molecular formula is C35H37F2N5O8S. The zero-order valence-corrected chi connectivity index (χ0v) is 28.3. The van der Waals surface area contributed by atoms with Crippen molar-refractivity contribution in [2.24, 2.45) is 5.92 Å². The Hall–Kier alpha value is -4.86. The number of pyridine rings is 1. The van der Waals surface area contributed by atoms with Crippen LogP contribution >= 0.6 is 0 Å². The van der Waals surface area contributed by atoms with Crippen LogP contribution in [-0.2, 0) is 24.4 Å². The lowest BCUT2D eigenvalue weighted by atomic mass is 10.0. The first-order valence-corrected chi connectivity index (χ1v) is 18.6. The lowest BCUT2D eigenvalue weighted by Gasteiger charge is -2.29. The first-order valence-electron chi connectivity index (χ1n) is 17.0. The third-order valence-electron chi connectivity index (χ3n) is 10.1. The molecule has 0 radical (unpaired) electrons. The number of carbonyl (C=O) groups is 4. The number of nitrogens with one attached hydrogen (secondary N) is 3. The first kappa shape index (κ1) is 34.6. The van der Waals surface area contributed by atoms with Gasteiger partial charge in [-0.25, -0.2) is 27.0 Å². The van der Waals surface area contributed by atoms with Crippen molar-refractivity contribution in [3.8, 4) is 5.88 Å². The summed E-state index contributed by atoms with van der Waals surface area (Å²) < 4.78 is 62.5. The Morgan fingerprint density at radius 2 is 1.75 bits per heavy atom. The lowest BCUT2D eigenvalue weighted by molar-refractivity contribution is -0.141. The van der Waals surface area contributed by atoms with Gasteiger partial charge >= 0.3 is 6.09 Å². The largest absolute Gasteiger partial charge is 0.472 e. The van der Waals surface area contributed by atoms with E-state index in [-0.39, 0.29) is 31.7 Å². The Bertz CT molecular complexity index is 2080. The van der Waals surface area contributed by atoms with E-state index in [1.165, 1.54) is 41.3 Å². The van der Waals surface area contributed by atoms with E-state index in [0.29, 0.717) is 53.8 Å². The van der Waals surface area contributed by atoms with E-state index in [2.05, 4.69) is 20.3 Å². The van der Waals surface area contributed by atoms with Gasteiger partial charge in [-0.1, -0.05) is 25.0 Å². The summed E-state index contributed by atoms with van der Waals surface area (Å²) in [5.74, 6) is -3.78. The second kappa shape index (κ2) is 13.4. The number of halogens is 2. The second-order valence-corrected chi connectivity index (χ2v) is 15.7. The summed E-state index contributed by atoms with van der Waals surface area (Å²) in [5.41, 5.74) is -1.25. The molecule has 3 heterocycles. The molecular weight excluding hydrogens is 688 g/mol. The highest BCUT2D eigenvalue weighted by Gasteiger charge is 2.62. The molecule has 0 spiro atoms. The van der Waals surface area contributed by atoms with Crippen LogP contribution in [0.3, 0.4) is 0 Å². The molecule has 3 fully saturated rings. The van der Waals surface area contributed by atoms with Gasteiger partial charge in [0.2, 0.25) is 27.7 Å². The fourth-order valence-corrected chi connectivity index (χ4v) is 8.52. The molecule has 51 heavy (non-hydrogen) atoms. The van der Waals surface area contributed by atoms with Crippen LogP contribution in [0.25, 0.3) is 21.7 Å². The number of carboxylic acid groups (broad SMARTS) is 1. The molecule has 16 heteroatoms. The third-order valence-corrected chi connectivity index (χ3v) is 11.9. The molecule has 2 aromatic carbocycles. The highest BCUT2D eigenvalue weighted by molar-refractivity contribution is 7.91. The number of aromatic nitrogens is 1. The highest BCUT2D eigenvalue weighted by Crippen LogP contribution is 2.46. The summed E-state index contributed by atoms with van der Waals surface area (Å²) in [7, 11) is -3.93. The molecule has 2 aliphatic heterocycles. The van der Waals surface area contributed by atoms with Gasteiger partial charge in [-0.3, -0.25) is 19.1 Å². The maximum Gasteiger partial charge on any atom is 0.405 e. The molecule has 4 amide bonds. The SMILES string of the molecule is O=C(O)N[C@H]1CCCCC/C=C\[C@H]2C[C@@]2(C(=O)NS(=O)(=O)C2CC2)NC(=O)[C@@H]2C[C@@H](Oc3nc4ccc(F)cc4c4cc(F)ccc34)CN2C1=O. The van der Waals surface area contributed by atoms with Crippen LogP contribution in [-0.4, -0.2) is 82.7 Å². The van der Waals surface area contributed by atoms with E-state index >= 15 is 0 Å². The summed E-state index contributed by atoms with van der Waals surface area (Å²) in [6, 6.07) is 5.33. The molecule has 4 aliphatic rings. The van der Waals surface area contributed by atoms with E-state index in [4.69, 9.17) is 4.74 Å². The smallest absolute Gasteiger partial charge is 0.405 e. The Morgan fingerprint density at radius 3 is 2.49 bits per heavy atom. The number of benzene rings is 2. The minimum absolute atomic E-state index is 0.0541. The van der Waals surface area contributed by atoms with Crippen molar-refractivity contribution in [3.63, 3.8) is 0 Å². The fourth-order valence-electron chi connectivity index (χ4n) is 7.16. The van der Waals surface area contributed by atoms with Crippen LogP contribution in [0.1, 0.15) is 57.8 Å². The van der Waals surface area contributed by atoms with Gasteiger partial charge in [0.05, 0.1) is 17.3 Å². The first-order chi connectivity index (χ1) is 24.3. The monoisotopic (exact) mass is 725 g/mol.